The van der Waals surface area contributed by atoms with E-state index in [0.717, 1.165) is 30.7 Å². The number of aromatic nitrogens is 1. The first-order valence-corrected chi connectivity index (χ1v) is 8.38. The van der Waals surface area contributed by atoms with Gasteiger partial charge in [0.2, 0.25) is 0 Å². The first kappa shape index (κ1) is 14.8. The molecular formula is C20H21N3O. The van der Waals surface area contributed by atoms with Crippen LogP contribution in [-0.4, -0.2) is 23.4 Å². The second-order valence-electron chi connectivity index (χ2n) is 6.49. The van der Waals surface area contributed by atoms with Crippen LogP contribution in [0.3, 0.4) is 0 Å². The SMILES string of the molecule is CN(Cc1ccccc1)c1ccc2ccc(C(=O)NC3CC3)cn12. The predicted molar refractivity (Wildman–Crippen MR) is 96.4 cm³/mol. The van der Waals surface area contributed by atoms with Gasteiger partial charge < -0.3 is 14.6 Å². The van der Waals surface area contributed by atoms with Crippen LogP contribution in [0.15, 0.2) is 60.8 Å². The lowest BCUT2D eigenvalue weighted by Crippen LogP contribution is -2.25. The molecule has 1 saturated carbocycles. The molecule has 1 aliphatic rings. The fourth-order valence-electron chi connectivity index (χ4n) is 2.97. The molecule has 1 N–H and O–H groups in total. The molecule has 0 unspecified atom stereocenters. The molecule has 0 spiro atoms. The van der Waals surface area contributed by atoms with E-state index < -0.39 is 0 Å². The summed E-state index contributed by atoms with van der Waals surface area (Å²) in [6.07, 6.45) is 4.13. The third-order valence-electron chi connectivity index (χ3n) is 4.46. The molecule has 0 bridgehead atoms. The van der Waals surface area contributed by atoms with E-state index in [2.05, 4.69) is 58.1 Å². The topological polar surface area (TPSA) is 36.8 Å². The molecule has 2 aromatic heterocycles. The Morgan fingerprint density at radius 3 is 2.62 bits per heavy atom. The third-order valence-corrected chi connectivity index (χ3v) is 4.46. The van der Waals surface area contributed by atoms with E-state index in [-0.39, 0.29) is 5.91 Å². The smallest absolute Gasteiger partial charge is 0.252 e. The Kier molecular flexibility index (Phi) is 3.73. The van der Waals surface area contributed by atoms with E-state index in [1.165, 1.54) is 5.56 Å². The van der Waals surface area contributed by atoms with Gasteiger partial charge in [-0.3, -0.25) is 4.79 Å². The van der Waals surface area contributed by atoms with Crippen LogP contribution >= 0.6 is 0 Å². The zero-order valence-electron chi connectivity index (χ0n) is 13.8. The van der Waals surface area contributed by atoms with Crippen molar-refractivity contribution < 1.29 is 4.79 Å². The number of carbonyl (C=O) groups excluding carboxylic acids is 1. The van der Waals surface area contributed by atoms with Crippen molar-refractivity contribution in [2.75, 3.05) is 11.9 Å². The van der Waals surface area contributed by atoms with E-state index in [1.54, 1.807) is 0 Å². The Bertz CT molecular complexity index is 865. The number of carbonyl (C=O) groups is 1. The molecule has 0 radical (unpaired) electrons. The molecule has 4 rings (SSSR count). The lowest BCUT2D eigenvalue weighted by atomic mass is 10.2. The van der Waals surface area contributed by atoms with Gasteiger partial charge in [0.05, 0.1) is 5.56 Å². The van der Waals surface area contributed by atoms with E-state index in [9.17, 15) is 4.79 Å². The molecule has 4 heteroatoms. The minimum absolute atomic E-state index is 0.0183. The summed E-state index contributed by atoms with van der Waals surface area (Å²) in [7, 11) is 2.08. The number of nitrogens with zero attached hydrogens (tertiary/aromatic N) is 2. The van der Waals surface area contributed by atoms with Gasteiger partial charge in [-0.2, -0.15) is 0 Å². The van der Waals surface area contributed by atoms with Crippen LogP contribution in [0, 0.1) is 0 Å². The number of rotatable bonds is 5. The summed E-state index contributed by atoms with van der Waals surface area (Å²) < 4.78 is 2.09. The van der Waals surface area contributed by atoms with Crippen LogP contribution in [0.4, 0.5) is 5.82 Å². The van der Waals surface area contributed by atoms with Crippen LogP contribution in [0.1, 0.15) is 28.8 Å². The average Bonchev–Trinajstić information content (AvgIpc) is 3.31. The summed E-state index contributed by atoms with van der Waals surface area (Å²) in [6, 6.07) is 18.8. The second-order valence-corrected chi connectivity index (χ2v) is 6.49. The van der Waals surface area contributed by atoms with Crippen LogP contribution < -0.4 is 10.2 Å². The highest BCUT2D eigenvalue weighted by Crippen LogP contribution is 2.22. The number of hydrogen-bond acceptors (Lipinski definition) is 2. The number of amides is 1. The van der Waals surface area contributed by atoms with Gasteiger partial charge in [0.25, 0.3) is 5.91 Å². The largest absolute Gasteiger partial charge is 0.356 e. The molecule has 0 aliphatic heterocycles. The number of anilines is 1. The number of pyridine rings is 1. The van der Waals surface area contributed by atoms with Crippen LogP contribution in [-0.2, 0) is 6.54 Å². The first-order chi connectivity index (χ1) is 11.7. The van der Waals surface area contributed by atoms with Crippen molar-refractivity contribution >= 4 is 17.2 Å². The lowest BCUT2D eigenvalue weighted by Gasteiger charge is -2.19. The molecule has 24 heavy (non-hydrogen) atoms. The van der Waals surface area contributed by atoms with Crippen LogP contribution in [0.5, 0.6) is 0 Å². The maximum atomic E-state index is 12.3. The highest BCUT2D eigenvalue weighted by atomic mass is 16.1. The summed E-state index contributed by atoms with van der Waals surface area (Å²) in [5, 5.41) is 3.05. The Labute approximate surface area is 141 Å². The molecule has 2 heterocycles. The van der Waals surface area contributed by atoms with Crippen molar-refractivity contribution in [3.63, 3.8) is 0 Å². The molecule has 1 amide bonds. The minimum atomic E-state index is 0.0183. The van der Waals surface area contributed by atoms with Crippen molar-refractivity contribution in [3.05, 3.63) is 71.9 Å². The Hall–Kier alpha value is -2.75. The van der Waals surface area contributed by atoms with Gasteiger partial charge in [-0.05, 0) is 42.7 Å². The van der Waals surface area contributed by atoms with Crippen LogP contribution in [0.25, 0.3) is 5.52 Å². The molecular weight excluding hydrogens is 298 g/mol. The average molecular weight is 319 g/mol. The molecule has 1 aliphatic carbocycles. The summed E-state index contributed by atoms with van der Waals surface area (Å²) in [5.41, 5.74) is 3.06. The van der Waals surface area contributed by atoms with E-state index in [0.29, 0.717) is 11.6 Å². The highest BCUT2D eigenvalue weighted by molar-refractivity contribution is 5.94. The van der Waals surface area contributed by atoms with Gasteiger partial charge in [-0.25, -0.2) is 0 Å². The molecule has 3 aromatic rings. The Balaban J connectivity index is 1.61. The zero-order chi connectivity index (χ0) is 16.5. The quantitative estimate of drug-likeness (QED) is 0.782. The maximum absolute atomic E-state index is 12.3. The fourth-order valence-corrected chi connectivity index (χ4v) is 2.97. The molecule has 4 nitrogen and oxygen atoms in total. The van der Waals surface area contributed by atoms with Crippen molar-refractivity contribution in [2.24, 2.45) is 0 Å². The summed E-state index contributed by atoms with van der Waals surface area (Å²) in [6.45, 7) is 0.825. The van der Waals surface area contributed by atoms with E-state index in [4.69, 9.17) is 0 Å². The van der Waals surface area contributed by atoms with Crippen molar-refractivity contribution in [1.29, 1.82) is 0 Å². The molecule has 0 atom stereocenters. The Morgan fingerprint density at radius 1 is 1.12 bits per heavy atom. The normalized spacial score (nSPS) is 13.9. The van der Waals surface area contributed by atoms with E-state index >= 15 is 0 Å². The van der Waals surface area contributed by atoms with E-state index in [1.807, 2.05) is 24.4 Å². The molecule has 1 aromatic carbocycles. The van der Waals surface area contributed by atoms with Crippen molar-refractivity contribution in [2.45, 2.75) is 25.4 Å². The van der Waals surface area contributed by atoms with Gasteiger partial charge in [0, 0.05) is 31.3 Å². The van der Waals surface area contributed by atoms with Gasteiger partial charge in [0.15, 0.2) is 0 Å². The standard InChI is InChI=1S/C20H21N3O/c1-22(13-15-5-3-2-4-6-15)19-12-11-18-10-7-16(14-23(18)19)20(24)21-17-8-9-17/h2-7,10-12,14,17H,8-9,13H2,1H3,(H,21,24). The zero-order valence-corrected chi connectivity index (χ0v) is 13.8. The van der Waals surface area contributed by atoms with Gasteiger partial charge in [0.1, 0.15) is 5.82 Å². The maximum Gasteiger partial charge on any atom is 0.252 e. The van der Waals surface area contributed by atoms with Crippen molar-refractivity contribution in [3.8, 4) is 0 Å². The van der Waals surface area contributed by atoms with Crippen LogP contribution in [0.2, 0.25) is 0 Å². The predicted octanol–water partition coefficient (Wildman–Crippen LogP) is 3.47. The highest BCUT2D eigenvalue weighted by Gasteiger charge is 2.24. The fraction of sp³-hybridized carbons (Fsp3) is 0.250. The van der Waals surface area contributed by atoms with Gasteiger partial charge in [-0.15, -0.1) is 0 Å². The second kappa shape index (κ2) is 6.04. The summed E-state index contributed by atoms with van der Waals surface area (Å²) in [4.78, 5) is 14.5. The number of nitrogens with one attached hydrogen (secondary N) is 1. The van der Waals surface area contributed by atoms with Crippen molar-refractivity contribution in [1.82, 2.24) is 9.72 Å². The number of benzene rings is 1. The number of hydrogen-bond donors (Lipinski definition) is 1. The molecule has 122 valence electrons. The molecule has 0 saturated heterocycles. The van der Waals surface area contributed by atoms with Gasteiger partial charge in [-0.1, -0.05) is 30.3 Å². The first-order valence-electron chi connectivity index (χ1n) is 8.38. The molecule has 1 fully saturated rings. The lowest BCUT2D eigenvalue weighted by molar-refractivity contribution is 0.0950. The monoisotopic (exact) mass is 319 g/mol. The van der Waals surface area contributed by atoms with Gasteiger partial charge >= 0.3 is 0 Å². The minimum Gasteiger partial charge on any atom is -0.356 e. The third kappa shape index (κ3) is 3.00. The summed E-state index contributed by atoms with van der Waals surface area (Å²) >= 11 is 0. The Morgan fingerprint density at radius 2 is 1.88 bits per heavy atom. The summed E-state index contributed by atoms with van der Waals surface area (Å²) in [5.74, 6) is 1.10. The number of fused-ring (bicyclic) bond motifs is 1.